The van der Waals surface area contributed by atoms with Crippen LogP contribution in [0.25, 0.3) is 0 Å². The number of hydrogen-bond donors (Lipinski definition) is 1. The van der Waals surface area contributed by atoms with Crippen molar-refractivity contribution in [2.75, 3.05) is 0 Å². The van der Waals surface area contributed by atoms with Crippen molar-refractivity contribution in [1.29, 1.82) is 0 Å². The van der Waals surface area contributed by atoms with Gasteiger partial charge in [0.1, 0.15) is 11.6 Å². The fourth-order valence-electron chi connectivity index (χ4n) is 3.20. The molecule has 6 nitrogen and oxygen atoms in total. The standard InChI is InChI=1S/C20H17N5O/c26-20(17-8-4-10-21-14-17,18-9-5-11-22-15-18)19(25-23-12-13-24-25)16-6-2-1-3-7-16/h1-15,19,26H. The normalized spacial score (nSPS) is 12.7. The summed E-state index contributed by atoms with van der Waals surface area (Å²) in [4.78, 5) is 9.93. The first-order chi connectivity index (χ1) is 12.8. The smallest absolute Gasteiger partial charge is 0.146 e. The summed E-state index contributed by atoms with van der Waals surface area (Å²) in [5.41, 5.74) is 0.695. The molecule has 1 aromatic carbocycles. The summed E-state index contributed by atoms with van der Waals surface area (Å²) >= 11 is 0. The van der Waals surface area contributed by atoms with E-state index in [0.29, 0.717) is 11.1 Å². The van der Waals surface area contributed by atoms with Gasteiger partial charge in [-0.05, 0) is 17.7 Å². The zero-order valence-corrected chi connectivity index (χ0v) is 13.9. The number of rotatable bonds is 5. The van der Waals surface area contributed by atoms with Gasteiger partial charge in [0.2, 0.25) is 0 Å². The van der Waals surface area contributed by atoms with Crippen LogP contribution in [0.15, 0.2) is 91.8 Å². The highest BCUT2D eigenvalue weighted by Crippen LogP contribution is 2.42. The van der Waals surface area contributed by atoms with Crippen molar-refractivity contribution in [3.05, 3.63) is 108 Å². The topological polar surface area (TPSA) is 76.7 Å². The first kappa shape index (κ1) is 16.1. The van der Waals surface area contributed by atoms with Crippen LogP contribution >= 0.6 is 0 Å². The van der Waals surface area contributed by atoms with E-state index in [0.717, 1.165) is 5.56 Å². The summed E-state index contributed by atoms with van der Waals surface area (Å²) in [6.45, 7) is 0. The van der Waals surface area contributed by atoms with Crippen molar-refractivity contribution >= 4 is 0 Å². The van der Waals surface area contributed by atoms with Gasteiger partial charge in [0.05, 0.1) is 12.4 Å². The highest BCUT2D eigenvalue weighted by molar-refractivity contribution is 5.39. The van der Waals surface area contributed by atoms with E-state index in [1.54, 1.807) is 49.3 Å². The van der Waals surface area contributed by atoms with Gasteiger partial charge in [-0.25, -0.2) is 0 Å². The predicted octanol–water partition coefficient (Wildman–Crippen LogP) is 2.59. The van der Waals surface area contributed by atoms with Crippen LogP contribution in [0.1, 0.15) is 22.7 Å². The summed E-state index contributed by atoms with van der Waals surface area (Å²) in [6.07, 6.45) is 9.87. The molecule has 0 radical (unpaired) electrons. The molecule has 0 aliphatic heterocycles. The Morgan fingerprint density at radius 1 is 0.731 bits per heavy atom. The van der Waals surface area contributed by atoms with Gasteiger partial charge >= 0.3 is 0 Å². The zero-order chi connectivity index (χ0) is 17.8. The van der Waals surface area contributed by atoms with Crippen molar-refractivity contribution in [3.8, 4) is 0 Å². The molecule has 1 N–H and O–H groups in total. The molecule has 128 valence electrons. The quantitative estimate of drug-likeness (QED) is 0.603. The van der Waals surface area contributed by atoms with E-state index >= 15 is 0 Å². The molecule has 0 amide bonds. The Morgan fingerprint density at radius 3 is 1.81 bits per heavy atom. The van der Waals surface area contributed by atoms with Crippen molar-refractivity contribution in [2.45, 2.75) is 11.6 Å². The lowest BCUT2D eigenvalue weighted by Crippen LogP contribution is -2.40. The molecule has 0 saturated heterocycles. The second-order valence-electron chi connectivity index (χ2n) is 5.91. The van der Waals surface area contributed by atoms with Gasteiger partial charge in [0.15, 0.2) is 0 Å². The molecule has 1 unspecified atom stereocenters. The van der Waals surface area contributed by atoms with Gasteiger partial charge in [-0.2, -0.15) is 15.0 Å². The van der Waals surface area contributed by atoms with Crippen molar-refractivity contribution < 1.29 is 5.11 Å². The SMILES string of the molecule is OC(c1cccnc1)(c1cccnc1)C(c1ccccc1)n1nccn1. The molecule has 0 aliphatic carbocycles. The summed E-state index contributed by atoms with van der Waals surface area (Å²) in [5.74, 6) is 0. The van der Waals surface area contributed by atoms with E-state index in [1.165, 1.54) is 4.80 Å². The largest absolute Gasteiger partial charge is 0.378 e. The Bertz CT molecular complexity index is 904. The monoisotopic (exact) mass is 343 g/mol. The van der Waals surface area contributed by atoms with Crippen LogP contribution < -0.4 is 0 Å². The lowest BCUT2D eigenvalue weighted by molar-refractivity contribution is 0.0275. The molecule has 3 heterocycles. The van der Waals surface area contributed by atoms with E-state index in [-0.39, 0.29) is 0 Å². The van der Waals surface area contributed by atoms with Crippen LogP contribution in [-0.2, 0) is 5.60 Å². The van der Waals surface area contributed by atoms with Crippen LogP contribution in [0.5, 0.6) is 0 Å². The molecular weight excluding hydrogens is 326 g/mol. The Balaban J connectivity index is 2.00. The molecule has 0 bridgehead atoms. The van der Waals surface area contributed by atoms with Crippen molar-refractivity contribution in [3.63, 3.8) is 0 Å². The first-order valence-corrected chi connectivity index (χ1v) is 8.24. The Labute approximate surface area is 150 Å². The third kappa shape index (κ3) is 2.76. The van der Waals surface area contributed by atoms with Crippen LogP contribution in [0.4, 0.5) is 0 Å². The predicted molar refractivity (Wildman–Crippen MR) is 96.1 cm³/mol. The summed E-state index contributed by atoms with van der Waals surface area (Å²) in [7, 11) is 0. The Morgan fingerprint density at radius 2 is 1.31 bits per heavy atom. The number of nitrogens with zero attached hydrogens (tertiary/aromatic N) is 5. The molecule has 0 fully saturated rings. The Hall–Kier alpha value is -3.38. The minimum atomic E-state index is -1.46. The molecule has 4 rings (SSSR count). The van der Waals surface area contributed by atoms with Crippen LogP contribution in [0.3, 0.4) is 0 Å². The molecule has 1 atom stereocenters. The fraction of sp³-hybridized carbons (Fsp3) is 0.100. The highest BCUT2D eigenvalue weighted by atomic mass is 16.3. The second kappa shape index (κ2) is 6.85. The minimum absolute atomic E-state index is 0.591. The number of benzene rings is 1. The fourth-order valence-corrected chi connectivity index (χ4v) is 3.20. The van der Waals surface area contributed by atoms with Crippen LogP contribution in [0, 0.1) is 0 Å². The first-order valence-electron chi connectivity index (χ1n) is 8.24. The lowest BCUT2D eigenvalue weighted by Gasteiger charge is -2.36. The van der Waals surface area contributed by atoms with E-state index in [9.17, 15) is 5.11 Å². The third-order valence-electron chi connectivity index (χ3n) is 4.38. The van der Waals surface area contributed by atoms with E-state index in [1.807, 2.05) is 42.5 Å². The molecule has 0 saturated carbocycles. The number of hydrogen-bond acceptors (Lipinski definition) is 5. The maximum Gasteiger partial charge on any atom is 0.146 e. The van der Waals surface area contributed by atoms with Crippen molar-refractivity contribution in [2.24, 2.45) is 0 Å². The van der Waals surface area contributed by atoms with E-state index in [2.05, 4.69) is 20.2 Å². The number of aromatic nitrogens is 5. The number of pyridine rings is 2. The highest BCUT2D eigenvalue weighted by Gasteiger charge is 2.44. The summed E-state index contributed by atoms with van der Waals surface area (Å²) < 4.78 is 0. The van der Waals surface area contributed by atoms with Crippen molar-refractivity contribution in [1.82, 2.24) is 25.0 Å². The second-order valence-corrected chi connectivity index (χ2v) is 5.91. The third-order valence-corrected chi connectivity index (χ3v) is 4.38. The summed E-state index contributed by atoms with van der Waals surface area (Å²) in [6, 6.07) is 16.4. The van der Waals surface area contributed by atoms with Gasteiger partial charge < -0.3 is 5.11 Å². The molecule has 6 heteroatoms. The average molecular weight is 343 g/mol. The Kier molecular flexibility index (Phi) is 4.25. The molecule has 0 aliphatic rings. The van der Waals surface area contributed by atoms with Gasteiger partial charge in [-0.1, -0.05) is 42.5 Å². The van der Waals surface area contributed by atoms with Gasteiger partial charge in [-0.15, -0.1) is 0 Å². The lowest BCUT2D eigenvalue weighted by atomic mass is 9.78. The van der Waals surface area contributed by atoms with Gasteiger partial charge in [-0.3, -0.25) is 9.97 Å². The minimum Gasteiger partial charge on any atom is -0.378 e. The molecule has 0 spiro atoms. The van der Waals surface area contributed by atoms with Gasteiger partial charge in [0, 0.05) is 35.9 Å². The summed E-state index contributed by atoms with van der Waals surface area (Å²) in [5, 5.41) is 20.7. The van der Waals surface area contributed by atoms with E-state index in [4.69, 9.17) is 0 Å². The maximum absolute atomic E-state index is 12.1. The molecule has 4 aromatic rings. The molecule has 26 heavy (non-hydrogen) atoms. The van der Waals surface area contributed by atoms with Gasteiger partial charge in [0.25, 0.3) is 0 Å². The molecule has 3 aromatic heterocycles. The maximum atomic E-state index is 12.1. The average Bonchev–Trinajstić information content (AvgIpc) is 3.24. The van der Waals surface area contributed by atoms with E-state index < -0.39 is 11.6 Å². The molecular formula is C20H17N5O. The van der Waals surface area contributed by atoms with Crippen LogP contribution in [0.2, 0.25) is 0 Å². The number of aliphatic hydroxyl groups is 1. The van der Waals surface area contributed by atoms with Crippen LogP contribution in [-0.4, -0.2) is 30.1 Å². The zero-order valence-electron chi connectivity index (χ0n) is 13.9.